The third-order valence-corrected chi connectivity index (χ3v) is 6.00. The van der Waals surface area contributed by atoms with Crippen molar-refractivity contribution in [2.75, 3.05) is 18.0 Å². The summed E-state index contributed by atoms with van der Waals surface area (Å²) in [6.07, 6.45) is 1.64. The van der Waals surface area contributed by atoms with Gasteiger partial charge in [-0.25, -0.2) is 13.1 Å². The number of piperidine rings is 1. The average molecular weight is 330 g/mol. The largest absolute Gasteiger partial charge is 0.371 e. The summed E-state index contributed by atoms with van der Waals surface area (Å²) < 4.78 is 28.0. The number of nitrogens with one attached hydrogen (secondary N) is 1. The number of anilines is 1. The molecular weight excluding hydrogens is 308 g/mol. The van der Waals surface area contributed by atoms with Gasteiger partial charge in [-0.3, -0.25) is 0 Å². The Balaban J connectivity index is 1.64. The average Bonchev–Trinajstić information content (AvgIpc) is 2.56. The molecule has 0 radical (unpaired) electrons. The van der Waals surface area contributed by atoms with Crippen LogP contribution in [0.2, 0.25) is 0 Å². The third kappa shape index (κ3) is 3.74. The molecule has 5 heteroatoms. The first-order valence-corrected chi connectivity index (χ1v) is 9.42. The minimum Gasteiger partial charge on any atom is -0.371 e. The van der Waals surface area contributed by atoms with Crippen LogP contribution in [0.1, 0.15) is 18.4 Å². The van der Waals surface area contributed by atoms with E-state index in [-0.39, 0.29) is 6.04 Å². The van der Waals surface area contributed by atoms with E-state index in [1.807, 2.05) is 37.3 Å². The first-order chi connectivity index (χ1) is 11.1. The SMILES string of the molecule is Cc1ccccc1S(=O)(=O)NC1CCN(c2ccccc2)CC1. The molecule has 122 valence electrons. The van der Waals surface area contributed by atoms with Crippen LogP contribution < -0.4 is 9.62 Å². The Bertz CT molecular complexity index is 752. The van der Waals surface area contributed by atoms with Crippen LogP contribution in [0.15, 0.2) is 59.5 Å². The van der Waals surface area contributed by atoms with E-state index in [2.05, 4.69) is 21.8 Å². The Morgan fingerprint density at radius 3 is 2.22 bits per heavy atom. The fourth-order valence-electron chi connectivity index (χ4n) is 3.04. The zero-order valence-electron chi connectivity index (χ0n) is 13.3. The van der Waals surface area contributed by atoms with E-state index in [9.17, 15) is 8.42 Å². The number of aryl methyl sites for hydroxylation is 1. The molecular formula is C18H22N2O2S. The van der Waals surface area contributed by atoms with Gasteiger partial charge >= 0.3 is 0 Å². The van der Waals surface area contributed by atoms with Gasteiger partial charge in [-0.05, 0) is 43.5 Å². The summed E-state index contributed by atoms with van der Waals surface area (Å²) in [6.45, 7) is 3.56. The van der Waals surface area contributed by atoms with Crippen molar-refractivity contribution in [2.24, 2.45) is 0 Å². The molecule has 2 aromatic rings. The molecule has 0 saturated carbocycles. The van der Waals surface area contributed by atoms with Crippen molar-refractivity contribution in [1.82, 2.24) is 4.72 Å². The highest BCUT2D eigenvalue weighted by Gasteiger charge is 2.25. The Morgan fingerprint density at radius 2 is 1.57 bits per heavy atom. The molecule has 0 bridgehead atoms. The molecule has 0 unspecified atom stereocenters. The van der Waals surface area contributed by atoms with Gasteiger partial charge in [0, 0.05) is 24.8 Å². The standard InChI is InChI=1S/C18H22N2O2S/c1-15-7-5-6-10-18(15)23(21,22)19-16-11-13-20(14-12-16)17-8-3-2-4-9-17/h2-10,16,19H,11-14H2,1H3. The van der Waals surface area contributed by atoms with Crippen molar-refractivity contribution in [3.05, 3.63) is 60.2 Å². The van der Waals surface area contributed by atoms with Gasteiger partial charge in [-0.2, -0.15) is 0 Å². The van der Waals surface area contributed by atoms with Crippen LogP contribution in [0.4, 0.5) is 5.69 Å². The smallest absolute Gasteiger partial charge is 0.241 e. The lowest BCUT2D eigenvalue weighted by Crippen LogP contribution is -2.44. The van der Waals surface area contributed by atoms with E-state index in [0.717, 1.165) is 31.5 Å². The van der Waals surface area contributed by atoms with E-state index >= 15 is 0 Å². The van der Waals surface area contributed by atoms with Crippen LogP contribution in [-0.4, -0.2) is 27.5 Å². The summed E-state index contributed by atoms with van der Waals surface area (Å²) in [5, 5.41) is 0. The molecule has 1 saturated heterocycles. The van der Waals surface area contributed by atoms with E-state index in [4.69, 9.17) is 0 Å². The molecule has 0 spiro atoms. The highest BCUT2D eigenvalue weighted by Crippen LogP contribution is 2.21. The number of benzene rings is 2. The number of hydrogen-bond acceptors (Lipinski definition) is 3. The number of hydrogen-bond donors (Lipinski definition) is 1. The van der Waals surface area contributed by atoms with Crippen molar-refractivity contribution in [2.45, 2.75) is 30.7 Å². The Morgan fingerprint density at radius 1 is 0.957 bits per heavy atom. The summed E-state index contributed by atoms with van der Waals surface area (Å²) >= 11 is 0. The second kappa shape index (κ2) is 6.72. The summed E-state index contributed by atoms with van der Waals surface area (Å²) in [5.41, 5.74) is 1.98. The van der Waals surface area contributed by atoms with Crippen molar-refractivity contribution in [3.63, 3.8) is 0 Å². The van der Waals surface area contributed by atoms with Crippen LogP contribution in [0, 0.1) is 6.92 Å². The molecule has 23 heavy (non-hydrogen) atoms. The molecule has 0 amide bonds. The van der Waals surface area contributed by atoms with E-state index in [1.54, 1.807) is 12.1 Å². The Labute approximate surface area is 138 Å². The first kappa shape index (κ1) is 16.0. The van der Waals surface area contributed by atoms with Gasteiger partial charge in [-0.1, -0.05) is 36.4 Å². The molecule has 1 heterocycles. The maximum atomic E-state index is 12.5. The van der Waals surface area contributed by atoms with Crippen LogP contribution >= 0.6 is 0 Å². The van der Waals surface area contributed by atoms with Gasteiger partial charge in [0.05, 0.1) is 4.90 Å². The van der Waals surface area contributed by atoms with Crippen LogP contribution in [0.5, 0.6) is 0 Å². The lowest BCUT2D eigenvalue weighted by atomic mass is 10.1. The maximum absolute atomic E-state index is 12.5. The topological polar surface area (TPSA) is 49.4 Å². The van der Waals surface area contributed by atoms with Crippen molar-refractivity contribution in [1.29, 1.82) is 0 Å². The number of para-hydroxylation sites is 1. The molecule has 0 aliphatic carbocycles. The molecule has 0 aromatic heterocycles. The highest BCUT2D eigenvalue weighted by atomic mass is 32.2. The number of sulfonamides is 1. The predicted molar refractivity (Wildman–Crippen MR) is 93.2 cm³/mol. The maximum Gasteiger partial charge on any atom is 0.241 e. The van der Waals surface area contributed by atoms with Crippen LogP contribution in [-0.2, 0) is 10.0 Å². The van der Waals surface area contributed by atoms with Gasteiger partial charge < -0.3 is 4.90 Å². The Kier molecular flexibility index (Phi) is 4.68. The summed E-state index contributed by atoms with van der Waals surface area (Å²) in [5.74, 6) is 0. The van der Waals surface area contributed by atoms with Gasteiger partial charge in [0.1, 0.15) is 0 Å². The molecule has 1 aliphatic rings. The lowest BCUT2D eigenvalue weighted by molar-refractivity contribution is 0.460. The molecule has 1 fully saturated rings. The Hall–Kier alpha value is -1.85. The summed E-state index contributed by atoms with van der Waals surface area (Å²) in [6, 6.07) is 17.4. The fraction of sp³-hybridized carbons (Fsp3) is 0.333. The number of rotatable bonds is 4. The minimum atomic E-state index is -3.44. The molecule has 0 atom stereocenters. The van der Waals surface area contributed by atoms with Gasteiger partial charge in [-0.15, -0.1) is 0 Å². The van der Waals surface area contributed by atoms with Gasteiger partial charge in [0.25, 0.3) is 0 Å². The van der Waals surface area contributed by atoms with Crippen molar-refractivity contribution in [3.8, 4) is 0 Å². The van der Waals surface area contributed by atoms with E-state index in [0.29, 0.717) is 4.90 Å². The first-order valence-electron chi connectivity index (χ1n) is 7.94. The van der Waals surface area contributed by atoms with Crippen molar-refractivity contribution >= 4 is 15.7 Å². The highest BCUT2D eigenvalue weighted by molar-refractivity contribution is 7.89. The molecule has 2 aromatic carbocycles. The molecule has 1 N–H and O–H groups in total. The lowest BCUT2D eigenvalue weighted by Gasteiger charge is -2.33. The van der Waals surface area contributed by atoms with E-state index in [1.165, 1.54) is 5.69 Å². The number of nitrogens with zero attached hydrogens (tertiary/aromatic N) is 1. The summed E-state index contributed by atoms with van der Waals surface area (Å²) in [4.78, 5) is 2.68. The monoisotopic (exact) mass is 330 g/mol. The quantitative estimate of drug-likeness (QED) is 0.938. The minimum absolute atomic E-state index is 0.000400. The normalized spacial score (nSPS) is 16.5. The fourth-order valence-corrected chi connectivity index (χ4v) is 4.59. The summed E-state index contributed by atoms with van der Waals surface area (Å²) in [7, 11) is -3.44. The molecule has 1 aliphatic heterocycles. The second-order valence-electron chi connectivity index (χ2n) is 5.98. The van der Waals surface area contributed by atoms with Crippen LogP contribution in [0.25, 0.3) is 0 Å². The van der Waals surface area contributed by atoms with Crippen LogP contribution in [0.3, 0.4) is 0 Å². The zero-order valence-corrected chi connectivity index (χ0v) is 14.1. The molecule has 3 rings (SSSR count). The second-order valence-corrected chi connectivity index (χ2v) is 7.67. The predicted octanol–water partition coefficient (Wildman–Crippen LogP) is 2.94. The van der Waals surface area contributed by atoms with Crippen molar-refractivity contribution < 1.29 is 8.42 Å². The van der Waals surface area contributed by atoms with Gasteiger partial charge in [0.2, 0.25) is 10.0 Å². The zero-order chi connectivity index (χ0) is 16.3. The molecule has 4 nitrogen and oxygen atoms in total. The third-order valence-electron chi connectivity index (χ3n) is 4.32. The van der Waals surface area contributed by atoms with E-state index < -0.39 is 10.0 Å². The van der Waals surface area contributed by atoms with Gasteiger partial charge in [0.15, 0.2) is 0 Å².